The van der Waals surface area contributed by atoms with E-state index in [4.69, 9.17) is 0 Å². The van der Waals surface area contributed by atoms with Gasteiger partial charge >= 0.3 is 0 Å². The van der Waals surface area contributed by atoms with Crippen molar-refractivity contribution in [2.24, 2.45) is 7.05 Å². The van der Waals surface area contributed by atoms with E-state index in [1.807, 2.05) is 48.5 Å². The van der Waals surface area contributed by atoms with E-state index in [0.717, 1.165) is 10.2 Å². The second kappa shape index (κ2) is 8.59. The number of hydrogen-bond acceptors (Lipinski definition) is 5. The molecule has 0 fully saturated rings. The van der Waals surface area contributed by atoms with Crippen molar-refractivity contribution in [3.8, 4) is 11.3 Å². The van der Waals surface area contributed by atoms with Gasteiger partial charge in [0.2, 0.25) is 0 Å². The first-order valence-electron chi connectivity index (χ1n) is 10.5. The van der Waals surface area contributed by atoms with Gasteiger partial charge in [-0.3, -0.25) is 25.2 Å². The van der Waals surface area contributed by atoms with E-state index in [9.17, 15) is 14.4 Å². The molecule has 2 amide bonds. The highest BCUT2D eigenvalue weighted by molar-refractivity contribution is 6.09. The number of pyridine rings is 1. The van der Waals surface area contributed by atoms with Gasteiger partial charge in [0.05, 0.1) is 22.2 Å². The molecule has 8 nitrogen and oxygen atoms in total. The number of rotatable bonds is 3. The third-order valence-corrected chi connectivity index (χ3v) is 5.49. The molecule has 0 spiro atoms. The maximum absolute atomic E-state index is 13.1. The number of hydrazine groups is 1. The Labute approximate surface area is 193 Å². The lowest BCUT2D eigenvalue weighted by Gasteiger charge is -2.12. The lowest BCUT2D eigenvalue weighted by atomic mass is 10.0. The molecule has 5 rings (SSSR count). The smallest absolute Gasteiger partial charge is 0.267 e. The summed E-state index contributed by atoms with van der Waals surface area (Å²) in [7, 11) is 1.47. The van der Waals surface area contributed by atoms with Gasteiger partial charge in [-0.2, -0.15) is 5.10 Å². The lowest BCUT2D eigenvalue weighted by Crippen LogP contribution is -2.42. The van der Waals surface area contributed by atoms with Crippen molar-refractivity contribution in [2.75, 3.05) is 0 Å². The number of nitrogens with zero attached hydrogens (tertiary/aromatic N) is 3. The summed E-state index contributed by atoms with van der Waals surface area (Å²) in [5, 5.41) is 5.50. The van der Waals surface area contributed by atoms with Crippen LogP contribution in [0.1, 0.15) is 20.8 Å². The monoisotopic (exact) mass is 449 g/mol. The van der Waals surface area contributed by atoms with E-state index < -0.39 is 11.8 Å². The Kier molecular flexibility index (Phi) is 5.31. The van der Waals surface area contributed by atoms with Gasteiger partial charge in [0.1, 0.15) is 0 Å². The SMILES string of the molecule is Cn1nc(C(=O)NNC(=O)c2cc(-c3ccccc3)nc3ccccc23)c2ccccc2c1=O. The van der Waals surface area contributed by atoms with Crippen LogP contribution in [-0.4, -0.2) is 26.6 Å². The van der Waals surface area contributed by atoms with Gasteiger partial charge < -0.3 is 0 Å². The second-order valence-electron chi connectivity index (χ2n) is 7.67. The summed E-state index contributed by atoms with van der Waals surface area (Å²) in [6.07, 6.45) is 0. The van der Waals surface area contributed by atoms with E-state index >= 15 is 0 Å². The normalized spacial score (nSPS) is 10.9. The highest BCUT2D eigenvalue weighted by atomic mass is 16.2. The summed E-state index contributed by atoms with van der Waals surface area (Å²) >= 11 is 0. The summed E-state index contributed by atoms with van der Waals surface area (Å²) in [4.78, 5) is 43.0. The molecule has 34 heavy (non-hydrogen) atoms. The maximum Gasteiger partial charge on any atom is 0.290 e. The molecular weight excluding hydrogens is 430 g/mol. The molecule has 0 unspecified atom stereocenters. The number of para-hydroxylation sites is 1. The first-order valence-corrected chi connectivity index (χ1v) is 10.5. The van der Waals surface area contributed by atoms with E-state index in [0.29, 0.717) is 32.9 Å². The molecular formula is C26H19N5O3. The number of amides is 2. The third kappa shape index (κ3) is 3.77. The molecule has 5 aromatic rings. The zero-order chi connectivity index (χ0) is 23.7. The zero-order valence-electron chi connectivity index (χ0n) is 18.1. The number of nitrogens with one attached hydrogen (secondary N) is 2. The van der Waals surface area contributed by atoms with E-state index in [2.05, 4.69) is 20.9 Å². The largest absolute Gasteiger partial charge is 0.290 e. The van der Waals surface area contributed by atoms with Crippen LogP contribution in [0, 0.1) is 0 Å². The van der Waals surface area contributed by atoms with Crippen LogP contribution in [0.25, 0.3) is 32.9 Å². The summed E-state index contributed by atoms with van der Waals surface area (Å²) < 4.78 is 1.10. The van der Waals surface area contributed by atoms with Crippen molar-refractivity contribution in [1.82, 2.24) is 25.6 Å². The van der Waals surface area contributed by atoms with Crippen LogP contribution in [0.2, 0.25) is 0 Å². The molecule has 0 saturated heterocycles. The number of carbonyl (C=O) groups is 2. The van der Waals surface area contributed by atoms with Gasteiger partial charge in [0.15, 0.2) is 5.69 Å². The molecule has 0 aliphatic carbocycles. The second-order valence-corrected chi connectivity index (χ2v) is 7.67. The van der Waals surface area contributed by atoms with Crippen molar-refractivity contribution in [1.29, 1.82) is 0 Å². The van der Waals surface area contributed by atoms with Gasteiger partial charge in [0, 0.05) is 23.4 Å². The maximum atomic E-state index is 13.1. The Morgan fingerprint density at radius 1 is 0.765 bits per heavy atom. The van der Waals surface area contributed by atoms with Gasteiger partial charge in [-0.1, -0.05) is 66.7 Å². The summed E-state index contributed by atoms with van der Waals surface area (Å²) in [6.45, 7) is 0. The molecule has 0 aliphatic rings. The molecule has 0 atom stereocenters. The van der Waals surface area contributed by atoms with Gasteiger partial charge in [-0.25, -0.2) is 9.67 Å². The highest BCUT2D eigenvalue weighted by Crippen LogP contribution is 2.24. The minimum Gasteiger partial charge on any atom is -0.267 e. The Morgan fingerprint density at radius 3 is 2.15 bits per heavy atom. The van der Waals surface area contributed by atoms with Crippen molar-refractivity contribution in [3.05, 3.63) is 107 Å². The summed E-state index contributed by atoms with van der Waals surface area (Å²) in [5.74, 6) is -1.14. The summed E-state index contributed by atoms with van der Waals surface area (Å²) in [5.41, 5.74) is 7.14. The number of aromatic nitrogens is 3. The molecule has 3 aromatic carbocycles. The lowest BCUT2D eigenvalue weighted by molar-refractivity contribution is 0.0844. The first kappa shape index (κ1) is 21.0. The molecule has 2 N–H and O–H groups in total. The highest BCUT2D eigenvalue weighted by Gasteiger charge is 2.18. The van der Waals surface area contributed by atoms with Crippen LogP contribution in [0.15, 0.2) is 89.7 Å². The minimum absolute atomic E-state index is 0.0301. The van der Waals surface area contributed by atoms with Crippen LogP contribution >= 0.6 is 0 Å². The fraction of sp³-hybridized carbons (Fsp3) is 0.0385. The molecule has 0 radical (unpaired) electrons. The van der Waals surface area contributed by atoms with Crippen LogP contribution in [0.4, 0.5) is 0 Å². The van der Waals surface area contributed by atoms with Crippen molar-refractivity contribution >= 4 is 33.5 Å². The van der Waals surface area contributed by atoms with Crippen molar-refractivity contribution in [3.63, 3.8) is 0 Å². The third-order valence-electron chi connectivity index (χ3n) is 5.49. The molecule has 166 valence electrons. The first-order chi connectivity index (χ1) is 16.5. The average molecular weight is 449 g/mol. The molecule has 2 aromatic heterocycles. The van der Waals surface area contributed by atoms with Crippen LogP contribution < -0.4 is 16.4 Å². The van der Waals surface area contributed by atoms with E-state index in [-0.39, 0.29) is 11.3 Å². The fourth-order valence-corrected chi connectivity index (χ4v) is 3.83. The number of hydrogen-bond donors (Lipinski definition) is 2. The standard InChI is InChI=1S/C26H19N5O3/c1-31-26(34)19-13-6-5-12-18(19)23(30-31)25(33)29-28-24(32)20-15-22(16-9-3-2-4-10-16)27-21-14-8-7-11-17(20)21/h2-15H,1H3,(H,28,32)(H,29,33). The number of fused-ring (bicyclic) bond motifs is 2. The Bertz CT molecular complexity index is 1630. The predicted molar refractivity (Wildman–Crippen MR) is 129 cm³/mol. The molecule has 8 heteroatoms. The van der Waals surface area contributed by atoms with Crippen molar-refractivity contribution < 1.29 is 9.59 Å². The molecule has 0 aliphatic heterocycles. The average Bonchev–Trinajstić information content (AvgIpc) is 2.89. The van der Waals surface area contributed by atoms with Crippen molar-refractivity contribution in [2.45, 2.75) is 0 Å². The van der Waals surface area contributed by atoms with E-state index in [1.54, 1.807) is 36.4 Å². The number of carbonyl (C=O) groups excluding carboxylic acids is 2. The fourth-order valence-electron chi connectivity index (χ4n) is 3.83. The Hall–Kier alpha value is -4.85. The number of aryl methyl sites for hydroxylation is 1. The quantitative estimate of drug-likeness (QED) is 0.412. The van der Waals surface area contributed by atoms with Crippen LogP contribution in [-0.2, 0) is 7.05 Å². The molecule has 0 saturated carbocycles. The Balaban J connectivity index is 1.47. The molecule has 2 heterocycles. The number of benzene rings is 3. The minimum atomic E-state index is -0.637. The van der Waals surface area contributed by atoms with Gasteiger partial charge in [-0.15, -0.1) is 0 Å². The Morgan fingerprint density at radius 2 is 1.38 bits per heavy atom. The predicted octanol–water partition coefficient (Wildman–Crippen LogP) is 3.22. The topological polar surface area (TPSA) is 106 Å². The molecule has 0 bridgehead atoms. The van der Waals surface area contributed by atoms with Crippen LogP contribution in [0.5, 0.6) is 0 Å². The van der Waals surface area contributed by atoms with Gasteiger partial charge in [0.25, 0.3) is 17.4 Å². The van der Waals surface area contributed by atoms with Gasteiger partial charge in [-0.05, 0) is 18.2 Å². The zero-order valence-corrected chi connectivity index (χ0v) is 18.1. The van der Waals surface area contributed by atoms with E-state index in [1.165, 1.54) is 7.05 Å². The summed E-state index contributed by atoms with van der Waals surface area (Å²) in [6, 6.07) is 25.2. The van der Waals surface area contributed by atoms with Crippen LogP contribution in [0.3, 0.4) is 0 Å².